The van der Waals surface area contributed by atoms with Crippen molar-refractivity contribution in [2.24, 2.45) is 0 Å². The number of nitrogens with zero attached hydrogens (tertiary/aromatic N) is 3. The van der Waals surface area contributed by atoms with E-state index in [0.29, 0.717) is 17.8 Å². The maximum absolute atomic E-state index is 13.0. The van der Waals surface area contributed by atoms with Crippen LogP contribution in [-0.2, 0) is 0 Å². The van der Waals surface area contributed by atoms with E-state index in [0.717, 1.165) is 36.7 Å². The third-order valence-electron chi connectivity index (χ3n) is 5.49. The van der Waals surface area contributed by atoms with Crippen molar-refractivity contribution in [1.82, 2.24) is 14.9 Å². The number of piperidine rings is 1. The lowest BCUT2D eigenvalue weighted by Gasteiger charge is -2.36. The molecule has 3 heterocycles. The second-order valence-electron chi connectivity index (χ2n) is 6.96. The lowest BCUT2D eigenvalue weighted by atomic mass is 9.95. The van der Waals surface area contributed by atoms with Crippen molar-refractivity contribution in [2.75, 3.05) is 0 Å². The maximum Gasteiger partial charge on any atom is 0.274 e. The summed E-state index contributed by atoms with van der Waals surface area (Å²) in [5.74, 6) is 0.0654. The molecule has 3 aliphatic rings. The highest BCUT2D eigenvalue weighted by atomic mass is 16.2. The van der Waals surface area contributed by atoms with Crippen LogP contribution in [0, 0.1) is 0 Å². The molecule has 2 aliphatic heterocycles. The molecule has 5 rings (SSSR count). The van der Waals surface area contributed by atoms with Crippen molar-refractivity contribution >= 4 is 16.9 Å². The Kier molecular flexibility index (Phi) is 2.81. The minimum absolute atomic E-state index is 0.0654. The zero-order chi connectivity index (χ0) is 15.4. The van der Waals surface area contributed by atoms with Gasteiger partial charge in [-0.05, 0) is 50.7 Å². The summed E-state index contributed by atoms with van der Waals surface area (Å²) in [6, 6.07) is 8.46. The third-order valence-corrected chi connectivity index (χ3v) is 5.49. The molecule has 116 valence electrons. The zero-order valence-corrected chi connectivity index (χ0v) is 13.0. The van der Waals surface area contributed by atoms with E-state index in [1.807, 2.05) is 24.3 Å². The highest BCUT2D eigenvalue weighted by molar-refractivity contribution is 5.94. The minimum atomic E-state index is 0.0654. The number of hydrogen-bond acceptors (Lipinski definition) is 3. The molecule has 2 unspecified atom stereocenters. The summed E-state index contributed by atoms with van der Waals surface area (Å²) >= 11 is 0. The Bertz CT molecular complexity index is 819. The summed E-state index contributed by atoms with van der Waals surface area (Å²) < 4.78 is 0. The molecular formula is C19H19N3O. The van der Waals surface area contributed by atoms with E-state index < -0.39 is 0 Å². The van der Waals surface area contributed by atoms with Gasteiger partial charge >= 0.3 is 0 Å². The van der Waals surface area contributed by atoms with Crippen LogP contribution in [0.2, 0.25) is 0 Å². The van der Waals surface area contributed by atoms with Crippen LogP contribution < -0.4 is 0 Å². The van der Waals surface area contributed by atoms with Gasteiger partial charge < -0.3 is 4.90 Å². The van der Waals surface area contributed by atoms with E-state index in [1.54, 1.807) is 17.3 Å². The van der Waals surface area contributed by atoms with Crippen LogP contribution in [0.4, 0.5) is 0 Å². The van der Waals surface area contributed by atoms with Gasteiger partial charge in [0.25, 0.3) is 5.91 Å². The van der Waals surface area contributed by atoms with Gasteiger partial charge in [0.1, 0.15) is 5.69 Å². The fourth-order valence-corrected chi connectivity index (χ4v) is 4.24. The first kappa shape index (κ1) is 13.2. The van der Waals surface area contributed by atoms with Gasteiger partial charge in [0.15, 0.2) is 0 Å². The molecule has 3 fully saturated rings. The van der Waals surface area contributed by atoms with Crippen molar-refractivity contribution in [3.8, 4) is 0 Å². The van der Waals surface area contributed by atoms with Gasteiger partial charge in [-0.25, -0.2) is 4.98 Å². The smallest absolute Gasteiger partial charge is 0.274 e. The van der Waals surface area contributed by atoms with E-state index in [9.17, 15) is 4.79 Å². The van der Waals surface area contributed by atoms with Crippen molar-refractivity contribution in [3.05, 3.63) is 47.3 Å². The molecule has 2 aromatic rings. The maximum atomic E-state index is 13.0. The van der Waals surface area contributed by atoms with Gasteiger partial charge in [-0.2, -0.15) is 0 Å². The summed E-state index contributed by atoms with van der Waals surface area (Å²) in [4.78, 5) is 24.1. The van der Waals surface area contributed by atoms with Crippen LogP contribution in [0.3, 0.4) is 0 Å². The first-order chi connectivity index (χ1) is 11.3. The number of hydrogen-bond donors (Lipinski definition) is 0. The lowest BCUT2D eigenvalue weighted by molar-refractivity contribution is 0.0628. The Morgan fingerprint density at radius 2 is 1.70 bits per heavy atom. The second kappa shape index (κ2) is 4.88. The highest BCUT2D eigenvalue weighted by Gasteiger charge is 2.43. The molecule has 1 aromatic carbocycles. The normalized spacial score (nSPS) is 26.0. The fraction of sp³-hybridized carbons (Fsp3) is 0.421. The summed E-state index contributed by atoms with van der Waals surface area (Å²) in [5, 5.41) is 0. The first-order valence-corrected chi connectivity index (χ1v) is 8.54. The quantitative estimate of drug-likeness (QED) is 0.758. The molecular weight excluding hydrogens is 286 g/mol. The van der Waals surface area contributed by atoms with E-state index in [-0.39, 0.29) is 5.91 Å². The minimum Gasteiger partial charge on any atom is -0.331 e. The highest BCUT2D eigenvalue weighted by Crippen LogP contribution is 2.44. The van der Waals surface area contributed by atoms with Crippen LogP contribution in [0.1, 0.15) is 49.0 Å². The number of carbonyl (C=O) groups is 1. The molecule has 1 aliphatic carbocycles. The number of allylic oxidation sites excluding steroid dienone is 1. The van der Waals surface area contributed by atoms with Gasteiger partial charge in [-0.1, -0.05) is 23.3 Å². The predicted molar refractivity (Wildman–Crippen MR) is 88.0 cm³/mol. The molecule has 4 heteroatoms. The Morgan fingerprint density at radius 3 is 2.39 bits per heavy atom. The SMILES string of the molecule is O=C(c1cnc2ccccc2n1)N1C2CCC1CC(=C1CC1)C2. The molecule has 0 N–H and O–H groups in total. The molecule has 2 saturated heterocycles. The molecule has 1 aromatic heterocycles. The number of carbonyl (C=O) groups excluding carboxylic acids is 1. The average Bonchev–Trinajstić information content (AvgIpc) is 3.39. The molecule has 1 amide bonds. The van der Waals surface area contributed by atoms with Gasteiger partial charge in [-0.3, -0.25) is 9.78 Å². The number of benzene rings is 1. The van der Waals surface area contributed by atoms with E-state index >= 15 is 0 Å². The topological polar surface area (TPSA) is 46.1 Å². The lowest BCUT2D eigenvalue weighted by Crippen LogP contribution is -2.45. The van der Waals surface area contributed by atoms with Crippen molar-refractivity contribution < 1.29 is 4.79 Å². The van der Waals surface area contributed by atoms with E-state index in [2.05, 4.69) is 14.9 Å². The van der Waals surface area contributed by atoms with Crippen molar-refractivity contribution in [1.29, 1.82) is 0 Å². The number of fused-ring (bicyclic) bond motifs is 3. The average molecular weight is 305 g/mol. The molecule has 2 bridgehead atoms. The number of rotatable bonds is 1. The zero-order valence-electron chi connectivity index (χ0n) is 13.0. The number of para-hydroxylation sites is 2. The predicted octanol–water partition coefficient (Wildman–Crippen LogP) is 3.49. The molecule has 2 atom stereocenters. The van der Waals surface area contributed by atoms with Crippen molar-refractivity contribution in [2.45, 2.75) is 50.6 Å². The molecule has 4 nitrogen and oxygen atoms in total. The molecule has 0 radical (unpaired) electrons. The van der Waals surface area contributed by atoms with Crippen LogP contribution >= 0.6 is 0 Å². The standard InChI is InChI=1S/C19H19N3O/c23-19(18-11-20-16-3-1-2-4-17(16)21-18)22-14-7-8-15(22)10-13(9-14)12-5-6-12/h1-4,11,14-15H,5-10H2. The van der Waals surface area contributed by atoms with Gasteiger partial charge in [-0.15, -0.1) is 0 Å². The monoisotopic (exact) mass is 305 g/mol. The van der Waals surface area contributed by atoms with Crippen LogP contribution in [0.25, 0.3) is 11.0 Å². The van der Waals surface area contributed by atoms with Crippen LogP contribution in [0.15, 0.2) is 41.6 Å². The third kappa shape index (κ3) is 2.16. The number of amides is 1. The van der Waals surface area contributed by atoms with Crippen LogP contribution in [0.5, 0.6) is 0 Å². The first-order valence-electron chi connectivity index (χ1n) is 8.54. The van der Waals surface area contributed by atoms with Crippen molar-refractivity contribution in [3.63, 3.8) is 0 Å². The van der Waals surface area contributed by atoms with Gasteiger partial charge in [0.2, 0.25) is 0 Å². The van der Waals surface area contributed by atoms with E-state index in [1.165, 1.54) is 12.8 Å². The summed E-state index contributed by atoms with van der Waals surface area (Å²) in [6.45, 7) is 0. The molecule has 23 heavy (non-hydrogen) atoms. The second-order valence-corrected chi connectivity index (χ2v) is 6.96. The molecule has 1 saturated carbocycles. The van der Waals surface area contributed by atoms with Crippen LogP contribution in [-0.4, -0.2) is 32.9 Å². The summed E-state index contributed by atoms with van der Waals surface area (Å²) in [5.41, 5.74) is 5.43. The fourth-order valence-electron chi connectivity index (χ4n) is 4.24. The Morgan fingerprint density at radius 1 is 1.00 bits per heavy atom. The summed E-state index contributed by atoms with van der Waals surface area (Å²) in [6.07, 6.45) is 8.65. The number of aromatic nitrogens is 2. The Balaban J connectivity index is 1.47. The molecule has 0 spiro atoms. The van der Waals surface area contributed by atoms with Gasteiger partial charge in [0, 0.05) is 12.1 Å². The Hall–Kier alpha value is -2.23. The Labute approximate surface area is 135 Å². The van der Waals surface area contributed by atoms with Gasteiger partial charge in [0.05, 0.1) is 17.2 Å². The largest absolute Gasteiger partial charge is 0.331 e. The van der Waals surface area contributed by atoms with E-state index in [4.69, 9.17) is 0 Å². The summed E-state index contributed by atoms with van der Waals surface area (Å²) in [7, 11) is 0.